The van der Waals surface area contributed by atoms with Gasteiger partial charge in [-0.1, -0.05) is 13.8 Å². The third-order valence-corrected chi connectivity index (χ3v) is 4.95. The molecule has 23 heavy (non-hydrogen) atoms. The van der Waals surface area contributed by atoms with Crippen molar-refractivity contribution >= 4 is 28.2 Å². The van der Waals surface area contributed by atoms with E-state index in [0.717, 1.165) is 37.8 Å². The third-order valence-electron chi connectivity index (χ3n) is 3.74. The fraction of sp³-hybridized carbons (Fsp3) is 0.647. The lowest BCUT2D eigenvalue weighted by Gasteiger charge is -2.12. The number of carbonyl (C=O) groups excluding carboxylic acids is 2. The maximum absolute atomic E-state index is 12.3. The third kappa shape index (κ3) is 4.78. The molecular weight excluding hydrogens is 312 g/mol. The molecule has 0 saturated heterocycles. The molecule has 1 aliphatic rings. The number of fused-ring (bicyclic) bond motifs is 1. The molecule has 0 atom stereocenters. The smallest absolute Gasteiger partial charge is 0.341 e. The number of aryl methyl sites for hydroxylation is 1. The number of hydrogen-bond acceptors (Lipinski definition) is 5. The van der Waals surface area contributed by atoms with Crippen molar-refractivity contribution < 1.29 is 14.3 Å². The first-order valence-electron chi connectivity index (χ1n) is 8.35. The van der Waals surface area contributed by atoms with Crippen LogP contribution in [0.1, 0.15) is 54.4 Å². The Bertz CT molecular complexity index is 566. The van der Waals surface area contributed by atoms with Crippen molar-refractivity contribution in [3.8, 4) is 0 Å². The fourth-order valence-electron chi connectivity index (χ4n) is 2.72. The van der Waals surface area contributed by atoms with Crippen LogP contribution in [0.5, 0.6) is 0 Å². The predicted molar refractivity (Wildman–Crippen MR) is 93.3 cm³/mol. The number of thiophene rings is 1. The lowest BCUT2D eigenvalue weighted by molar-refractivity contribution is -0.115. The fourth-order valence-corrected chi connectivity index (χ4v) is 4.01. The van der Waals surface area contributed by atoms with Gasteiger partial charge >= 0.3 is 5.97 Å². The highest BCUT2D eigenvalue weighted by atomic mass is 32.1. The highest BCUT2D eigenvalue weighted by Gasteiger charge is 2.27. The van der Waals surface area contributed by atoms with Crippen molar-refractivity contribution in [3.05, 3.63) is 16.0 Å². The molecule has 0 aliphatic heterocycles. The summed E-state index contributed by atoms with van der Waals surface area (Å²) < 4.78 is 5.19. The van der Waals surface area contributed by atoms with Gasteiger partial charge in [0.1, 0.15) is 5.00 Å². The molecule has 5 nitrogen and oxygen atoms in total. The second-order valence-electron chi connectivity index (χ2n) is 6.21. The van der Waals surface area contributed by atoms with Gasteiger partial charge in [0.15, 0.2) is 0 Å². The molecule has 0 spiro atoms. The van der Waals surface area contributed by atoms with E-state index in [9.17, 15) is 9.59 Å². The number of ether oxygens (including phenoxy) is 1. The maximum atomic E-state index is 12.3. The molecule has 0 aromatic carbocycles. The Balaban J connectivity index is 2.12. The molecule has 0 bridgehead atoms. The average Bonchev–Trinajstić information content (AvgIpc) is 2.84. The van der Waals surface area contributed by atoms with Crippen molar-refractivity contribution in [3.63, 3.8) is 0 Å². The van der Waals surface area contributed by atoms with E-state index in [1.54, 1.807) is 6.92 Å². The van der Waals surface area contributed by atoms with Crippen LogP contribution in [0.25, 0.3) is 0 Å². The van der Waals surface area contributed by atoms with Crippen LogP contribution in [-0.4, -0.2) is 31.6 Å². The summed E-state index contributed by atoms with van der Waals surface area (Å²) in [6.45, 7) is 7.37. The van der Waals surface area contributed by atoms with Gasteiger partial charge in [0.2, 0.25) is 5.91 Å². The first-order chi connectivity index (χ1) is 11.0. The maximum Gasteiger partial charge on any atom is 0.341 e. The second-order valence-corrected chi connectivity index (χ2v) is 7.31. The Labute approximate surface area is 141 Å². The van der Waals surface area contributed by atoms with Gasteiger partial charge in [-0.2, -0.15) is 0 Å². The van der Waals surface area contributed by atoms with Crippen LogP contribution >= 0.6 is 11.3 Å². The molecule has 1 heterocycles. The number of rotatable bonds is 7. The quantitative estimate of drug-likeness (QED) is 0.750. The first kappa shape index (κ1) is 17.9. The molecule has 1 aromatic rings. The van der Waals surface area contributed by atoms with Gasteiger partial charge in [-0.05, 0) is 50.6 Å². The Morgan fingerprint density at radius 2 is 2.00 bits per heavy atom. The van der Waals surface area contributed by atoms with Gasteiger partial charge in [-0.15, -0.1) is 11.3 Å². The minimum absolute atomic E-state index is 0.116. The molecule has 0 saturated carbocycles. The minimum atomic E-state index is -0.322. The van der Waals surface area contributed by atoms with Gasteiger partial charge in [-0.25, -0.2) is 4.79 Å². The van der Waals surface area contributed by atoms with E-state index in [0.29, 0.717) is 23.1 Å². The molecule has 0 unspecified atom stereocenters. The van der Waals surface area contributed by atoms with Crippen LogP contribution in [-0.2, 0) is 22.4 Å². The summed E-state index contributed by atoms with van der Waals surface area (Å²) in [6, 6.07) is 0. The zero-order valence-corrected chi connectivity index (χ0v) is 15.0. The van der Waals surface area contributed by atoms with Crippen molar-refractivity contribution in [1.82, 2.24) is 5.32 Å². The van der Waals surface area contributed by atoms with E-state index < -0.39 is 0 Å². The molecule has 0 fully saturated rings. The Kier molecular flexibility index (Phi) is 6.59. The standard InChI is InChI=1S/C17H26N2O3S/c1-4-22-17(21)15-12-7-5-6-8-13(12)23-16(15)19-14(20)10-18-9-11(2)3/h11,18H,4-10H2,1-3H3,(H,19,20). The van der Waals surface area contributed by atoms with Crippen LogP contribution in [0.4, 0.5) is 5.00 Å². The molecule has 6 heteroatoms. The molecule has 1 aliphatic carbocycles. The highest BCUT2D eigenvalue weighted by molar-refractivity contribution is 7.17. The van der Waals surface area contributed by atoms with Gasteiger partial charge in [-0.3, -0.25) is 4.79 Å². The van der Waals surface area contributed by atoms with Crippen LogP contribution in [0.15, 0.2) is 0 Å². The zero-order chi connectivity index (χ0) is 16.8. The minimum Gasteiger partial charge on any atom is -0.462 e. The average molecular weight is 338 g/mol. The van der Waals surface area contributed by atoms with Crippen molar-refractivity contribution in [1.29, 1.82) is 0 Å². The van der Waals surface area contributed by atoms with Crippen LogP contribution in [0.3, 0.4) is 0 Å². The summed E-state index contributed by atoms with van der Waals surface area (Å²) >= 11 is 1.52. The van der Waals surface area contributed by atoms with Gasteiger partial charge in [0.05, 0.1) is 18.7 Å². The Morgan fingerprint density at radius 3 is 2.70 bits per heavy atom. The normalized spacial score (nSPS) is 13.7. The van der Waals surface area contributed by atoms with E-state index in [4.69, 9.17) is 4.74 Å². The first-order valence-corrected chi connectivity index (χ1v) is 9.16. The summed E-state index contributed by atoms with van der Waals surface area (Å²) in [7, 11) is 0. The van der Waals surface area contributed by atoms with Gasteiger partial charge in [0.25, 0.3) is 0 Å². The molecule has 1 aromatic heterocycles. The lowest BCUT2D eigenvalue weighted by atomic mass is 9.95. The molecule has 1 amide bonds. The summed E-state index contributed by atoms with van der Waals surface area (Å²) in [5, 5.41) is 6.66. The SMILES string of the molecule is CCOC(=O)c1c(NC(=O)CNCC(C)C)sc2c1CCCC2. The number of nitrogens with one attached hydrogen (secondary N) is 2. The molecule has 128 valence electrons. The number of amides is 1. The Hall–Kier alpha value is -1.40. The summed E-state index contributed by atoms with van der Waals surface area (Å²) in [6.07, 6.45) is 4.09. The van der Waals surface area contributed by atoms with Crippen LogP contribution in [0.2, 0.25) is 0 Å². The van der Waals surface area contributed by atoms with E-state index >= 15 is 0 Å². The molecular formula is C17H26N2O3S. The van der Waals surface area contributed by atoms with E-state index in [1.165, 1.54) is 16.2 Å². The largest absolute Gasteiger partial charge is 0.462 e. The van der Waals surface area contributed by atoms with E-state index in [1.807, 2.05) is 0 Å². The monoisotopic (exact) mass is 338 g/mol. The lowest BCUT2D eigenvalue weighted by Crippen LogP contribution is -2.30. The molecule has 0 radical (unpaired) electrons. The number of esters is 1. The van der Waals surface area contributed by atoms with Crippen LogP contribution < -0.4 is 10.6 Å². The van der Waals surface area contributed by atoms with Crippen LogP contribution in [0, 0.1) is 5.92 Å². The Morgan fingerprint density at radius 1 is 1.26 bits per heavy atom. The van der Waals surface area contributed by atoms with Gasteiger partial charge < -0.3 is 15.4 Å². The second kappa shape index (κ2) is 8.45. The zero-order valence-electron chi connectivity index (χ0n) is 14.2. The van der Waals surface area contributed by atoms with Crippen molar-refractivity contribution in [2.45, 2.75) is 46.5 Å². The predicted octanol–water partition coefficient (Wildman–Crippen LogP) is 2.99. The highest BCUT2D eigenvalue weighted by Crippen LogP contribution is 2.38. The van der Waals surface area contributed by atoms with Crippen molar-refractivity contribution in [2.24, 2.45) is 5.92 Å². The molecule has 2 rings (SSSR count). The number of anilines is 1. The summed E-state index contributed by atoms with van der Waals surface area (Å²) in [5.41, 5.74) is 1.65. The number of carbonyl (C=O) groups is 2. The summed E-state index contributed by atoms with van der Waals surface area (Å²) in [4.78, 5) is 25.6. The number of hydrogen-bond donors (Lipinski definition) is 2. The molecule has 2 N–H and O–H groups in total. The van der Waals surface area contributed by atoms with Crippen molar-refractivity contribution in [2.75, 3.05) is 25.0 Å². The van der Waals surface area contributed by atoms with E-state index in [2.05, 4.69) is 24.5 Å². The summed E-state index contributed by atoms with van der Waals surface area (Å²) in [5.74, 6) is 0.0547. The van der Waals surface area contributed by atoms with Gasteiger partial charge in [0, 0.05) is 4.88 Å². The topological polar surface area (TPSA) is 67.4 Å². The van der Waals surface area contributed by atoms with E-state index in [-0.39, 0.29) is 18.4 Å².